The Morgan fingerprint density at radius 3 is 2.53 bits per heavy atom. The van der Waals surface area contributed by atoms with Crippen LogP contribution in [0.15, 0.2) is 0 Å². The van der Waals surface area contributed by atoms with Crippen LogP contribution in [0.25, 0.3) is 0 Å². The van der Waals surface area contributed by atoms with Crippen molar-refractivity contribution in [2.24, 2.45) is 5.92 Å². The van der Waals surface area contributed by atoms with Gasteiger partial charge in [0, 0.05) is 12.8 Å². The van der Waals surface area contributed by atoms with E-state index in [1.54, 1.807) is 0 Å². The molecule has 0 radical (unpaired) electrons. The van der Waals surface area contributed by atoms with Gasteiger partial charge in [-0.1, -0.05) is 39.0 Å². The molecule has 1 aliphatic carbocycles. The Morgan fingerprint density at radius 1 is 1.12 bits per heavy atom. The Morgan fingerprint density at radius 2 is 1.88 bits per heavy atom. The SMILES string of the molecule is CCCCCCCC(=O)CCC1CCC[C@H]1O. The van der Waals surface area contributed by atoms with E-state index in [2.05, 4.69) is 6.92 Å². The third-order valence-electron chi connectivity index (χ3n) is 3.97. The van der Waals surface area contributed by atoms with Gasteiger partial charge in [0.25, 0.3) is 0 Å². The van der Waals surface area contributed by atoms with E-state index >= 15 is 0 Å². The van der Waals surface area contributed by atoms with Crippen molar-refractivity contribution in [1.82, 2.24) is 0 Å². The number of carbonyl (C=O) groups is 1. The Bertz CT molecular complexity index is 213. The summed E-state index contributed by atoms with van der Waals surface area (Å²) in [5.41, 5.74) is 0. The second-order valence-corrected chi connectivity index (χ2v) is 5.50. The zero-order valence-corrected chi connectivity index (χ0v) is 11.3. The van der Waals surface area contributed by atoms with Crippen molar-refractivity contribution in [3.8, 4) is 0 Å². The van der Waals surface area contributed by atoms with E-state index in [0.29, 0.717) is 18.1 Å². The zero-order chi connectivity index (χ0) is 12.5. The number of Topliss-reactive ketones (excluding diaryl/α,β-unsaturated/α-hetero) is 1. The predicted octanol–water partition coefficient (Wildman–Crippen LogP) is 3.86. The van der Waals surface area contributed by atoms with Crippen LogP contribution in [0.5, 0.6) is 0 Å². The van der Waals surface area contributed by atoms with E-state index < -0.39 is 0 Å². The number of hydrogen-bond acceptors (Lipinski definition) is 2. The highest BCUT2D eigenvalue weighted by molar-refractivity contribution is 5.78. The lowest BCUT2D eigenvalue weighted by atomic mass is 9.96. The minimum Gasteiger partial charge on any atom is -0.393 e. The lowest BCUT2D eigenvalue weighted by Gasteiger charge is -2.13. The molecule has 0 heterocycles. The molecule has 17 heavy (non-hydrogen) atoms. The fraction of sp³-hybridized carbons (Fsp3) is 0.933. The summed E-state index contributed by atoms with van der Waals surface area (Å²) in [6.07, 6.45) is 11.5. The van der Waals surface area contributed by atoms with Crippen molar-refractivity contribution in [3.63, 3.8) is 0 Å². The normalized spacial score (nSPS) is 24.1. The van der Waals surface area contributed by atoms with Crippen molar-refractivity contribution < 1.29 is 9.90 Å². The molecular formula is C15H28O2. The molecule has 0 aliphatic heterocycles. The molecule has 0 spiro atoms. The van der Waals surface area contributed by atoms with Crippen LogP contribution < -0.4 is 0 Å². The van der Waals surface area contributed by atoms with Gasteiger partial charge in [-0.2, -0.15) is 0 Å². The Labute approximate surface area is 106 Å². The van der Waals surface area contributed by atoms with Crippen molar-refractivity contribution in [3.05, 3.63) is 0 Å². The first-order valence-corrected chi connectivity index (χ1v) is 7.43. The lowest BCUT2D eigenvalue weighted by molar-refractivity contribution is -0.119. The molecule has 2 nitrogen and oxygen atoms in total. The van der Waals surface area contributed by atoms with E-state index in [0.717, 1.165) is 38.5 Å². The molecule has 0 saturated heterocycles. The second-order valence-electron chi connectivity index (χ2n) is 5.50. The monoisotopic (exact) mass is 240 g/mol. The Balaban J connectivity index is 1.97. The summed E-state index contributed by atoms with van der Waals surface area (Å²) < 4.78 is 0. The molecule has 2 heteroatoms. The van der Waals surface area contributed by atoms with Gasteiger partial charge < -0.3 is 5.11 Å². The number of carbonyl (C=O) groups excluding carboxylic acids is 1. The molecule has 1 fully saturated rings. The van der Waals surface area contributed by atoms with E-state index in [-0.39, 0.29) is 6.10 Å². The molecule has 1 aliphatic rings. The van der Waals surface area contributed by atoms with Crippen LogP contribution in [0.2, 0.25) is 0 Å². The standard InChI is InChI=1S/C15H28O2/c1-2-3-4-5-6-9-14(16)12-11-13-8-7-10-15(13)17/h13,15,17H,2-12H2,1H3/t13?,15-/m1/s1. The number of aliphatic hydroxyl groups excluding tert-OH is 1. The van der Waals surface area contributed by atoms with Gasteiger partial charge in [0.05, 0.1) is 6.10 Å². The number of aliphatic hydroxyl groups is 1. The highest BCUT2D eigenvalue weighted by atomic mass is 16.3. The Hall–Kier alpha value is -0.370. The van der Waals surface area contributed by atoms with E-state index in [9.17, 15) is 9.90 Å². The van der Waals surface area contributed by atoms with Gasteiger partial charge >= 0.3 is 0 Å². The van der Waals surface area contributed by atoms with Crippen LogP contribution in [0.4, 0.5) is 0 Å². The van der Waals surface area contributed by atoms with Gasteiger partial charge in [0.2, 0.25) is 0 Å². The minimum absolute atomic E-state index is 0.132. The maximum Gasteiger partial charge on any atom is 0.132 e. The van der Waals surface area contributed by atoms with Crippen molar-refractivity contribution in [2.45, 2.75) is 83.7 Å². The molecule has 0 aromatic rings. The van der Waals surface area contributed by atoms with Crippen LogP contribution in [0.3, 0.4) is 0 Å². The molecule has 1 unspecified atom stereocenters. The quantitative estimate of drug-likeness (QED) is 0.621. The van der Waals surface area contributed by atoms with Crippen molar-refractivity contribution >= 4 is 5.78 Å². The van der Waals surface area contributed by atoms with Crippen LogP contribution >= 0.6 is 0 Å². The smallest absolute Gasteiger partial charge is 0.132 e. The first-order valence-electron chi connectivity index (χ1n) is 7.43. The first-order chi connectivity index (χ1) is 8.24. The summed E-state index contributed by atoms with van der Waals surface area (Å²) in [6, 6.07) is 0. The highest BCUT2D eigenvalue weighted by Gasteiger charge is 2.25. The second kappa shape index (κ2) is 8.68. The van der Waals surface area contributed by atoms with Crippen molar-refractivity contribution in [1.29, 1.82) is 0 Å². The summed E-state index contributed by atoms with van der Waals surface area (Å²) in [6.45, 7) is 2.21. The molecule has 1 N–H and O–H groups in total. The van der Waals surface area contributed by atoms with E-state index in [4.69, 9.17) is 0 Å². The molecule has 0 aromatic heterocycles. The largest absolute Gasteiger partial charge is 0.393 e. The fourth-order valence-electron chi connectivity index (χ4n) is 2.75. The topological polar surface area (TPSA) is 37.3 Å². The number of ketones is 1. The van der Waals surface area contributed by atoms with E-state index in [1.165, 1.54) is 25.7 Å². The van der Waals surface area contributed by atoms with Crippen LogP contribution in [-0.4, -0.2) is 17.0 Å². The summed E-state index contributed by atoms with van der Waals surface area (Å²) in [5, 5.41) is 9.66. The van der Waals surface area contributed by atoms with Gasteiger partial charge in [0.15, 0.2) is 0 Å². The summed E-state index contributed by atoms with van der Waals surface area (Å²) in [4.78, 5) is 11.7. The van der Waals surface area contributed by atoms with Gasteiger partial charge in [0.1, 0.15) is 5.78 Å². The van der Waals surface area contributed by atoms with Crippen LogP contribution in [-0.2, 0) is 4.79 Å². The lowest BCUT2D eigenvalue weighted by Crippen LogP contribution is -2.14. The van der Waals surface area contributed by atoms with Gasteiger partial charge in [-0.25, -0.2) is 0 Å². The third-order valence-corrected chi connectivity index (χ3v) is 3.97. The number of rotatable bonds is 9. The number of unbranched alkanes of at least 4 members (excludes halogenated alkanes) is 4. The highest BCUT2D eigenvalue weighted by Crippen LogP contribution is 2.29. The van der Waals surface area contributed by atoms with E-state index in [1.807, 2.05) is 0 Å². The zero-order valence-electron chi connectivity index (χ0n) is 11.3. The summed E-state index contributed by atoms with van der Waals surface area (Å²) >= 11 is 0. The molecular weight excluding hydrogens is 212 g/mol. The van der Waals surface area contributed by atoms with Crippen LogP contribution in [0.1, 0.15) is 77.6 Å². The third kappa shape index (κ3) is 6.21. The predicted molar refractivity (Wildman–Crippen MR) is 71.0 cm³/mol. The maximum absolute atomic E-state index is 11.7. The van der Waals surface area contributed by atoms with Gasteiger partial charge in [-0.05, 0) is 31.6 Å². The van der Waals surface area contributed by atoms with Gasteiger partial charge in [-0.15, -0.1) is 0 Å². The first kappa shape index (κ1) is 14.7. The average molecular weight is 240 g/mol. The molecule has 0 aromatic carbocycles. The average Bonchev–Trinajstić information content (AvgIpc) is 2.72. The molecule has 0 amide bonds. The Kier molecular flexibility index (Phi) is 7.50. The number of hydrogen-bond donors (Lipinski definition) is 1. The molecule has 1 rings (SSSR count). The molecule has 2 atom stereocenters. The van der Waals surface area contributed by atoms with Crippen molar-refractivity contribution in [2.75, 3.05) is 0 Å². The summed E-state index contributed by atoms with van der Waals surface area (Å²) in [5.74, 6) is 0.805. The maximum atomic E-state index is 11.7. The molecule has 0 bridgehead atoms. The molecule has 1 saturated carbocycles. The molecule has 100 valence electrons. The van der Waals surface area contributed by atoms with Crippen LogP contribution in [0, 0.1) is 5.92 Å². The minimum atomic E-state index is -0.132. The fourth-order valence-corrected chi connectivity index (χ4v) is 2.75. The summed E-state index contributed by atoms with van der Waals surface area (Å²) in [7, 11) is 0. The van der Waals surface area contributed by atoms with Gasteiger partial charge in [-0.3, -0.25) is 4.79 Å².